The van der Waals surface area contributed by atoms with Gasteiger partial charge in [-0.1, -0.05) is 36.4 Å². The number of hydrogen-bond donors (Lipinski definition) is 1. The van der Waals surface area contributed by atoms with E-state index in [1.165, 1.54) is 17.7 Å². The number of carbonyl (C=O) groups is 1. The van der Waals surface area contributed by atoms with Crippen LogP contribution in [-0.4, -0.2) is 49.3 Å². The number of benzene rings is 2. The van der Waals surface area contributed by atoms with Crippen molar-refractivity contribution in [3.05, 3.63) is 71.0 Å². The lowest BCUT2D eigenvalue weighted by Crippen LogP contribution is -2.48. The second-order valence-electron chi connectivity index (χ2n) is 7.62. The molecule has 0 spiro atoms. The van der Waals surface area contributed by atoms with E-state index >= 15 is 0 Å². The molecule has 0 saturated carbocycles. The van der Waals surface area contributed by atoms with Crippen LogP contribution in [0.4, 0.5) is 4.39 Å². The van der Waals surface area contributed by atoms with E-state index < -0.39 is 6.10 Å². The maximum Gasteiger partial charge on any atom is 0.252 e. The van der Waals surface area contributed by atoms with E-state index in [0.29, 0.717) is 32.7 Å². The number of carbonyl (C=O) groups excluding carboxylic acids is 1. The zero-order valence-corrected chi connectivity index (χ0v) is 16.4. The van der Waals surface area contributed by atoms with Crippen molar-refractivity contribution in [2.75, 3.05) is 26.3 Å². The zero-order chi connectivity index (χ0) is 20.2. The standard InChI is InChI=1S/C23H27FN2O3/c24-18-7-5-17(6-8-18)22-20-4-2-1-3-16(20)11-13-26(22)23(27)21-10-9-19(15-29-21)28-14-12-25/h1-8,19,21-22H,9-15,25H2/t19?,21-,22+/m1/s1. The first-order valence-electron chi connectivity index (χ1n) is 10.2. The van der Waals surface area contributed by atoms with Crippen molar-refractivity contribution in [1.29, 1.82) is 0 Å². The highest BCUT2D eigenvalue weighted by atomic mass is 19.1. The number of rotatable bonds is 5. The van der Waals surface area contributed by atoms with Crippen molar-refractivity contribution >= 4 is 5.91 Å². The summed E-state index contributed by atoms with van der Waals surface area (Å²) in [5.41, 5.74) is 8.72. The fraction of sp³-hybridized carbons (Fsp3) is 0.435. The molecule has 4 rings (SSSR count). The SMILES string of the molecule is NCCOC1CC[C@H](C(=O)N2CCc3ccccc3[C@@H]2c2ccc(F)cc2)OC1. The molecule has 1 fully saturated rings. The van der Waals surface area contributed by atoms with Gasteiger partial charge in [-0.15, -0.1) is 0 Å². The summed E-state index contributed by atoms with van der Waals surface area (Å²) >= 11 is 0. The van der Waals surface area contributed by atoms with E-state index in [1.54, 1.807) is 12.1 Å². The fourth-order valence-electron chi connectivity index (χ4n) is 4.28. The maximum atomic E-state index is 13.5. The van der Waals surface area contributed by atoms with E-state index in [0.717, 1.165) is 24.0 Å². The molecule has 2 heterocycles. The summed E-state index contributed by atoms with van der Waals surface area (Å²) in [5.74, 6) is -0.291. The van der Waals surface area contributed by atoms with Crippen LogP contribution >= 0.6 is 0 Å². The fourth-order valence-corrected chi connectivity index (χ4v) is 4.28. The molecule has 0 radical (unpaired) electrons. The third-order valence-corrected chi connectivity index (χ3v) is 5.73. The summed E-state index contributed by atoms with van der Waals surface area (Å²) in [6.07, 6.45) is 1.73. The van der Waals surface area contributed by atoms with Gasteiger partial charge in [-0.05, 0) is 48.1 Å². The van der Waals surface area contributed by atoms with Crippen molar-refractivity contribution in [3.8, 4) is 0 Å². The second-order valence-corrected chi connectivity index (χ2v) is 7.62. The predicted octanol–water partition coefficient (Wildman–Crippen LogP) is 2.82. The minimum atomic E-state index is -0.471. The Morgan fingerprint density at radius 1 is 1.17 bits per heavy atom. The number of nitrogens with two attached hydrogens (primary N) is 1. The third kappa shape index (κ3) is 4.34. The molecule has 3 atom stereocenters. The number of nitrogens with zero attached hydrogens (tertiary/aromatic N) is 1. The minimum absolute atomic E-state index is 0.00224. The van der Waals surface area contributed by atoms with Gasteiger partial charge in [0.05, 0.1) is 25.4 Å². The van der Waals surface area contributed by atoms with E-state index in [2.05, 4.69) is 12.1 Å². The Bertz CT molecular complexity index is 834. The average molecular weight is 398 g/mol. The molecule has 1 unspecified atom stereocenters. The Labute approximate surface area is 170 Å². The molecule has 5 nitrogen and oxygen atoms in total. The highest BCUT2D eigenvalue weighted by molar-refractivity contribution is 5.82. The van der Waals surface area contributed by atoms with Crippen molar-refractivity contribution < 1.29 is 18.7 Å². The molecule has 2 aromatic carbocycles. The van der Waals surface area contributed by atoms with Gasteiger partial charge in [0.2, 0.25) is 0 Å². The van der Waals surface area contributed by atoms with Gasteiger partial charge in [0.15, 0.2) is 0 Å². The van der Waals surface area contributed by atoms with Gasteiger partial charge in [-0.25, -0.2) is 4.39 Å². The third-order valence-electron chi connectivity index (χ3n) is 5.73. The van der Waals surface area contributed by atoms with E-state index in [1.807, 2.05) is 17.0 Å². The van der Waals surface area contributed by atoms with Gasteiger partial charge in [-0.3, -0.25) is 4.79 Å². The number of halogens is 1. The van der Waals surface area contributed by atoms with Gasteiger partial charge in [0.25, 0.3) is 5.91 Å². The molecule has 0 aromatic heterocycles. The molecule has 29 heavy (non-hydrogen) atoms. The normalized spacial score (nSPS) is 24.2. The topological polar surface area (TPSA) is 64.8 Å². The smallest absolute Gasteiger partial charge is 0.252 e. The predicted molar refractivity (Wildman–Crippen MR) is 108 cm³/mol. The van der Waals surface area contributed by atoms with E-state index in [-0.39, 0.29) is 23.9 Å². The summed E-state index contributed by atoms with van der Waals surface area (Å²) in [6, 6.07) is 14.4. The molecule has 2 N–H and O–H groups in total. The molecule has 0 bridgehead atoms. The summed E-state index contributed by atoms with van der Waals surface area (Å²) < 4.78 is 25.0. The van der Waals surface area contributed by atoms with Crippen molar-refractivity contribution in [1.82, 2.24) is 4.90 Å². The summed E-state index contributed by atoms with van der Waals surface area (Å²) in [5, 5.41) is 0. The molecule has 2 aliphatic heterocycles. The quantitative estimate of drug-likeness (QED) is 0.841. The molecule has 154 valence electrons. The lowest BCUT2D eigenvalue weighted by atomic mass is 9.87. The number of hydrogen-bond acceptors (Lipinski definition) is 4. The number of ether oxygens (including phenoxy) is 2. The Balaban J connectivity index is 1.55. The van der Waals surface area contributed by atoms with Crippen LogP contribution in [-0.2, 0) is 20.7 Å². The van der Waals surface area contributed by atoms with Gasteiger partial charge >= 0.3 is 0 Å². The summed E-state index contributed by atoms with van der Waals surface area (Å²) in [7, 11) is 0. The Hall–Kier alpha value is -2.28. The Kier molecular flexibility index (Phi) is 6.23. The number of amides is 1. The average Bonchev–Trinajstić information content (AvgIpc) is 2.77. The summed E-state index contributed by atoms with van der Waals surface area (Å²) in [4.78, 5) is 15.3. The first-order chi connectivity index (χ1) is 14.2. The first-order valence-corrected chi connectivity index (χ1v) is 10.2. The van der Waals surface area contributed by atoms with Gasteiger partial charge in [0.1, 0.15) is 11.9 Å². The van der Waals surface area contributed by atoms with Crippen LogP contribution in [0.1, 0.15) is 35.6 Å². The summed E-state index contributed by atoms with van der Waals surface area (Å²) in [6.45, 7) is 2.00. The zero-order valence-electron chi connectivity index (χ0n) is 16.4. The monoisotopic (exact) mass is 398 g/mol. The van der Waals surface area contributed by atoms with Crippen LogP contribution in [0.5, 0.6) is 0 Å². The van der Waals surface area contributed by atoms with Crippen molar-refractivity contribution in [2.45, 2.75) is 37.5 Å². The molecular weight excluding hydrogens is 371 g/mol. The first kappa shape index (κ1) is 20.0. The number of fused-ring (bicyclic) bond motifs is 1. The molecule has 6 heteroatoms. The van der Waals surface area contributed by atoms with Crippen molar-refractivity contribution in [2.24, 2.45) is 5.73 Å². The van der Waals surface area contributed by atoms with Crippen LogP contribution in [0.15, 0.2) is 48.5 Å². The molecular formula is C23H27FN2O3. The van der Waals surface area contributed by atoms with Crippen LogP contribution < -0.4 is 5.73 Å². The van der Waals surface area contributed by atoms with Crippen LogP contribution in [0.3, 0.4) is 0 Å². The largest absolute Gasteiger partial charge is 0.375 e. The Morgan fingerprint density at radius 2 is 1.97 bits per heavy atom. The highest BCUT2D eigenvalue weighted by Crippen LogP contribution is 2.36. The van der Waals surface area contributed by atoms with E-state index in [4.69, 9.17) is 15.2 Å². The van der Waals surface area contributed by atoms with Crippen molar-refractivity contribution in [3.63, 3.8) is 0 Å². The molecule has 1 amide bonds. The lowest BCUT2D eigenvalue weighted by molar-refractivity contribution is -0.155. The molecule has 2 aliphatic rings. The van der Waals surface area contributed by atoms with Gasteiger partial charge in [0, 0.05) is 13.1 Å². The molecule has 1 saturated heterocycles. The van der Waals surface area contributed by atoms with E-state index in [9.17, 15) is 9.18 Å². The van der Waals surface area contributed by atoms with Gasteiger partial charge < -0.3 is 20.1 Å². The minimum Gasteiger partial charge on any atom is -0.375 e. The van der Waals surface area contributed by atoms with Crippen LogP contribution in [0.25, 0.3) is 0 Å². The van der Waals surface area contributed by atoms with Crippen LogP contribution in [0, 0.1) is 5.82 Å². The van der Waals surface area contributed by atoms with Gasteiger partial charge in [-0.2, -0.15) is 0 Å². The lowest BCUT2D eigenvalue weighted by Gasteiger charge is -2.40. The Morgan fingerprint density at radius 3 is 2.69 bits per heavy atom. The molecule has 0 aliphatic carbocycles. The highest BCUT2D eigenvalue weighted by Gasteiger charge is 2.37. The van der Waals surface area contributed by atoms with Crippen LogP contribution in [0.2, 0.25) is 0 Å². The molecule has 2 aromatic rings. The second kappa shape index (κ2) is 9.03. The maximum absolute atomic E-state index is 13.5.